The third-order valence-corrected chi connectivity index (χ3v) is 3.88. The van der Waals surface area contributed by atoms with E-state index in [2.05, 4.69) is 9.55 Å². The smallest absolute Gasteiger partial charge is 0.316 e. The SMILES string of the molecule is CCOC(=O)C(CC)c1nc2cc(F)ccc2n1C1CC1. The molecule has 1 aromatic heterocycles. The Hall–Kier alpha value is -1.91. The number of aromatic nitrogens is 2. The molecule has 4 nitrogen and oxygen atoms in total. The summed E-state index contributed by atoms with van der Waals surface area (Å²) in [6, 6.07) is 4.99. The summed E-state index contributed by atoms with van der Waals surface area (Å²) < 4.78 is 20.7. The van der Waals surface area contributed by atoms with E-state index >= 15 is 0 Å². The highest BCUT2D eigenvalue weighted by Crippen LogP contribution is 2.41. The Morgan fingerprint density at radius 3 is 2.86 bits per heavy atom. The van der Waals surface area contributed by atoms with Gasteiger partial charge in [0.25, 0.3) is 0 Å². The number of hydrogen-bond acceptors (Lipinski definition) is 3. The Morgan fingerprint density at radius 2 is 2.24 bits per heavy atom. The number of carbonyl (C=O) groups is 1. The van der Waals surface area contributed by atoms with Crippen molar-refractivity contribution in [2.24, 2.45) is 0 Å². The van der Waals surface area contributed by atoms with Crippen molar-refractivity contribution in [3.63, 3.8) is 0 Å². The highest BCUT2D eigenvalue weighted by molar-refractivity contribution is 5.81. The van der Waals surface area contributed by atoms with Crippen molar-refractivity contribution in [1.29, 1.82) is 0 Å². The Balaban J connectivity index is 2.11. The number of benzene rings is 1. The second kappa shape index (κ2) is 5.47. The van der Waals surface area contributed by atoms with E-state index in [1.807, 2.05) is 6.92 Å². The fourth-order valence-corrected chi connectivity index (χ4v) is 2.75. The summed E-state index contributed by atoms with van der Waals surface area (Å²) in [5.41, 5.74) is 1.51. The van der Waals surface area contributed by atoms with E-state index in [-0.39, 0.29) is 17.7 Å². The molecule has 0 spiro atoms. The van der Waals surface area contributed by atoms with Crippen LogP contribution in [-0.2, 0) is 9.53 Å². The van der Waals surface area contributed by atoms with Crippen LogP contribution in [0.15, 0.2) is 18.2 Å². The van der Waals surface area contributed by atoms with E-state index in [0.29, 0.717) is 30.4 Å². The molecule has 0 aliphatic heterocycles. The molecule has 0 bridgehead atoms. The molecule has 112 valence electrons. The van der Waals surface area contributed by atoms with Gasteiger partial charge in [0.05, 0.1) is 17.6 Å². The minimum atomic E-state index is -0.388. The summed E-state index contributed by atoms with van der Waals surface area (Å²) in [6.07, 6.45) is 2.78. The second-order valence-electron chi connectivity index (χ2n) is 5.42. The summed E-state index contributed by atoms with van der Waals surface area (Å²) >= 11 is 0. The van der Waals surface area contributed by atoms with Gasteiger partial charge < -0.3 is 9.30 Å². The summed E-state index contributed by atoms with van der Waals surface area (Å²) in [7, 11) is 0. The van der Waals surface area contributed by atoms with E-state index in [1.54, 1.807) is 13.0 Å². The van der Waals surface area contributed by atoms with Crippen LogP contribution in [0.2, 0.25) is 0 Å². The van der Waals surface area contributed by atoms with Crippen molar-refractivity contribution in [3.05, 3.63) is 29.8 Å². The lowest BCUT2D eigenvalue weighted by atomic mass is 10.1. The van der Waals surface area contributed by atoms with Crippen LogP contribution in [0.5, 0.6) is 0 Å². The molecule has 21 heavy (non-hydrogen) atoms. The number of nitrogens with zero attached hydrogens (tertiary/aromatic N) is 2. The van der Waals surface area contributed by atoms with Gasteiger partial charge in [-0.05, 0) is 38.3 Å². The maximum absolute atomic E-state index is 13.4. The average molecular weight is 290 g/mol. The number of esters is 1. The first-order chi connectivity index (χ1) is 10.2. The van der Waals surface area contributed by atoms with Crippen molar-refractivity contribution < 1.29 is 13.9 Å². The van der Waals surface area contributed by atoms with E-state index in [0.717, 1.165) is 18.4 Å². The standard InChI is InChI=1S/C16H19FN2O2/c1-3-12(16(20)21-4-2)15-18-13-9-10(17)5-8-14(13)19(15)11-6-7-11/h5,8-9,11-12H,3-4,6-7H2,1-2H3. The molecule has 1 aliphatic rings. The van der Waals surface area contributed by atoms with Gasteiger partial charge in [0.2, 0.25) is 0 Å². The zero-order valence-corrected chi connectivity index (χ0v) is 12.3. The number of rotatable bonds is 5. The quantitative estimate of drug-likeness (QED) is 0.791. The number of imidazole rings is 1. The fraction of sp³-hybridized carbons (Fsp3) is 0.500. The van der Waals surface area contributed by atoms with Crippen molar-refractivity contribution in [1.82, 2.24) is 9.55 Å². The molecule has 0 radical (unpaired) electrons. The summed E-state index contributed by atoms with van der Waals surface area (Å²) in [5.74, 6) is -0.239. The van der Waals surface area contributed by atoms with Gasteiger partial charge in [-0.2, -0.15) is 0 Å². The molecule has 1 unspecified atom stereocenters. The molecule has 1 atom stereocenters. The van der Waals surface area contributed by atoms with Crippen LogP contribution in [-0.4, -0.2) is 22.1 Å². The highest BCUT2D eigenvalue weighted by Gasteiger charge is 2.33. The first-order valence-electron chi connectivity index (χ1n) is 7.49. The Kier molecular flexibility index (Phi) is 3.66. The lowest BCUT2D eigenvalue weighted by molar-refractivity contribution is -0.145. The largest absolute Gasteiger partial charge is 0.465 e. The van der Waals surface area contributed by atoms with E-state index in [4.69, 9.17) is 4.74 Å². The zero-order chi connectivity index (χ0) is 15.0. The van der Waals surface area contributed by atoms with Gasteiger partial charge in [-0.1, -0.05) is 6.92 Å². The molecule has 1 aliphatic carbocycles. The zero-order valence-electron chi connectivity index (χ0n) is 12.3. The van der Waals surface area contributed by atoms with Gasteiger partial charge in [-0.25, -0.2) is 9.37 Å². The van der Waals surface area contributed by atoms with Crippen LogP contribution in [0.3, 0.4) is 0 Å². The number of ether oxygens (including phenoxy) is 1. The van der Waals surface area contributed by atoms with Crippen molar-refractivity contribution >= 4 is 17.0 Å². The molecule has 3 rings (SSSR count). The molecule has 0 N–H and O–H groups in total. The van der Waals surface area contributed by atoms with Crippen LogP contribution < -0.4 is 0 Å². The Labute approximate surface area is 122 Å². The molecule has 1 aromatic carbocycles. The van der Waals surface area contributed by atoms with Crippen molar-refractivity contribution in [2.45, 2.75) is 45.1 Å². The van der Waals surface area contributed by atoms with Crippen LogP contribution in [0.4, 0.5) is 4.39 Å². The molecule has 1 heterocycles. The fourth-order valence-electron chi connectivity index (χ4n) is 2.75. The van der Waals surface area contributed by atoms with Crippen molar-refractivity contribution in [2.75, 3.05) is 6.61 Å². The predicted molar refractivity (Wildman–Crippen MR) is 77.6 cm³/mol. The van der Waals surface area contributed by atoms with Crippen LogP contribution in [0.25, 0.3) is 11.0 Å². The highest BCUT2D eigenvalue weighted by atomic mass is 19.1. The summed E-state index contributed by atoms with van der Waals surface area (Å²) in [6.45, 7) is 4.09. The minimum absolute atomic E-state index is 0.252. The summed E-state index contributed by atoms with van der Waals surface area (Å²) in [4.78, 5) is 16.7. The molecule has 1 fully saturated rings. The number of carbonyl (C=O) groups excluding carboxylic acids is 1. The van der Waals surface area contributed by atoms with Crippen LogP contribution in [0.1, 0.15) is 50.9 Å². The topological polar surface area (TPSA) is 44.1 Å². The third kappa shape index (κ3) is 2.52. The van der Waals surface area contributed by atoms with Crippen LogP contribution >= 0.6 is 0 Å². The molecule has 1 saturated carbocycles. The Morgan fingerprint density at radius 1 is 1.48 bits per heavy atom. The van der Waals surface area contributed by atoms with Crippen molar-refractivity contribution in [3.8, 4) is 0 Å². The van der Waals surface area contributed by atoms with Crippen LogP contribution in [0, 0.1) is 5.82 Å². The molecule has 0 amide bonds. The van der Waals surface area contributed by atoms with E-state index in [9.17, 15) is 9.18 Å². The molecule has 2 aromatic rings. The average Bonchev–Trinajstić information content (AvgIpc) is 3.22. The lowest BCUT2D eigenvalue weighted by Gasteiger charge is -2.15. The van der Waals surface area contributed by atoms with Gasteiger partial charge in [-0.3, -0.25) is 4.79 Å². The van der Waals surface area contributed by atoms with Gasteiger partial charge in [0, 0.05) is 12.1 Å². The number of halogens is 1. The lowest BCUT2D eigenvalue weighted by Crippen LogP contribution is -2.19. The molecular formula is C16H19FN2O2. The Bertz CT molecular complexity index is 676. The first-order valence-corrected chi connectivity index (χ1v) is 7.49. The number of hydrogen-bond donors (Lipinski definition) is 0. The van der Waals surface area contributed by atoms with E-state index in [1.165, 1.54) is 12.1 Å². The third-order valence-electron chi connectivity index (χ3n) is 3.88. The number of fused-ring (bicyclic) bond motifs is 1. The normalized spacial score (nSPS) is 16.1. The molecule has 0 saturated heterocycles. The predicted octanol–water partition coefficient (Wildman–Crippen LogP) is 3.57. The second-order valence-corrected chi connectivity index (χ2v) is 5.42. The maximum atomic E-state index is 13.4. The molecular weight excluding hydrogens is 271 g/mol. The van der Waals surface area contributed by atoms with Gasteiger partial charge in [0.1, 0.15) is 17.6 Å². The van der Waals surface area contributed by atoms with Gasteiger partial charge in [0.15, 0.2) is 0 Å². The van der Waals surface area contributed by atoms with Gasteiger partial charge >= 0.3 is 5.97 Å². The maximum Gasteiger partial charge on any atom is 0.316 e. The first kappa shape index (κ1) is 14.0. The molecule has 5 heteroatoms. The van der Waals surface area contributed by atoms with Gasteiger partial charge in [-0.15, -0.1) is 0 Å². The monoisotopic (exact) mass is 290 g/mol. The van der Waals surface area contributed by atoms with E-state index < -0.39 is 0 Å². The summed E-state index contributed by atoms with van der Waals surface area (Å²) in [5, 5.41) is 0. The minimum Gasteiger partial charge on any atom is -0.465 e.